The second-order valence-electron chi connectivity index (χ2n) is 22.9. The number of rotatable bonds is 15. The van der Waals surface area contributed by atoms with Crippen LogP contribution < -0.4 is 0 Å². The van der Waals surface area contributed by atoms with Crippen LogP contribution in [-0.4, -0.2) is 169 Å². The summed E-state index contributed by atoms with van der Waals surface area (Å²) in [4.78, 5) is 23.0. The van der Waals surface area contributed by atoms with Gasteiger partial charge in [-0.1, -0.05) is 32.9 Å². The summed E-state index contributed by atoms with van der Waals surface area (Å²) in [6.45, 7) is 35.1. The Morgan fingerprint density at radius 3 is 1.88 bits per heavy atom. The topological polar surface area (TPSA) is 175 Å². The number of carbonyl (C=O) groups is 1. The largest absolute Gasteiger partial charge is 0.459 e. The predicted molar refractivity (Wildman–Crippen MR) is 260 cm³/mol. The monoisotopic (exact) mass is 979 g/mol. The van der Waals surface area contributed by atoms with Crippen molar-refractivity contribution in [1.82, 2.24) is 4.90 Å². The van der Waals surface area contributed by atoms with Gasteiger partial charge in [-0.3, -0.25) is 4.79 Å². The van der Waals surface area contributed by atoms with Crippen molar-refractivity contribution in [3.63, 3.8) is 0 Å². The maximum Gasteiger partial charge on any atom is 0.311 e. The average molecular weight is 979 g/mol. The molecule has 3 rings (SSSR count). The van der Waals surface area contributed by atoms with Crippen molar-refractivity contribution in [1.29, 1.82) is 0 Å². The standard InChI is InChI=1S/C48H94N2O14Si2/c1-24-35-48(12,53)40(51)30(4)37(49-64-45(8,9)54-15)28(2)26-46(10,55-16)41(61-44-39(62-65(18,19)20)34(50(13)14)25-29(3)57-44)31(5)38(32(6)43(52)59-35)60-36-27-47(11,56-17)42(33(7)58-36)63-66(21,22)23/h28-36,38-42,44,51,53H,24-27H2,1-23H3/b49-37+/t28-,29-,30+,31+,32-,33-,34-,35-,36+,38+,39-,40-,41-,42+,44+,46-,47-,48-/m1/s1. The van der Waals surface area contributed by atoms with E-state index in [0.29, 0.717) is 12.1 Å². The quantitative estimate of drug-likeness (QED) is 0.0721. The number of ether oxygens (including phenoxy) is 8. The lowest BCUT2D eigenvalue weighted by molar-refractivity contribution is -0.316. The number of hydrogen-bond donors (Lipinski definition) is 2. The number of aliphatic hydroxyl groups is 2. The number of cyclic esters (lactones) is 1. The molecule has 0 aromatic heterocycles. The first-order valence-electron chi connectivity index (χ1n) is 24.3. The van der Waals surface area contributed by atoms with Crippen molar-refractivity contribution in [3.8, 4) is 0 Å². The van der Waals surface area contributed by atoms with E-state index in [1.807, 2.05) is 55.6 Å². The van der Waals surface area contributed by atoms with E-state index in [4.69, 9.17) is 51.6 Å². The van der Waals surface area contributed by atoms with Crippen molar-refractivity contribution < 1.29 is 66.6 Å². The molecule has 66 heavy (non-hydrogen) atoms. The highest BCUT2D eigenvalue weighted by atomic mass is 28.4. The molecule has 388 valence electrons. The van der Waals surface area contributed by atoms with Gasteiger partial charge in [-0.05, 0) is 114 Å². The number of hydrogen-bond acceptors (Lipinski definition) is 16. The first-order valence-corrected chi connectivity index (χ1v) is 31.1. The number of oxime groups is 1. The molecule has 0 saturated carbocycles. The molecule has 0 radical (unpaired) electrons. The first-order chi connectivity index (χ1) is 30.1. The molecule has 16 nitrogen and oxygen atoms in total. The lowest BCUT2D eigenvalue weighted by atomic mass is 9.73. The number of esters is 1. The third-order valence-corrected chi connectivity index (χ3v) is 16.0. The number of likely N-dealkylation sites (N-methyl/N-ethyl adjacent to an activating group) is 1. The van der Waals surface area contributed by atoms with E-state index in [1.54, 1.807) is 48.8 Å². The van der Waals surface area contributed by atoms with E-state index in [2.05, 4.69) is 49.3 Å². The number of aliphatic hydroxyl groups excluding tert-OH is 1. The highest BCUT2D eigenvalue weighted by Gasteiger charge is 2.55. The SMILES string of the molecule is CC[C@H]1OC(=O)[C@H](C)[C@@H](O[C@H]2C[C@@](C)(OC)[C@@H](O[Si](C)(C)C)[C@@H](C)O2)[C@H](C)[C@@H](O[C@@H]2O[C@H](C)C[C@@H](N(C)C)[C@H]2O[Si](C)(C)C)[C@](C)(OC)C[C@@H](C)/C(=N\OC(C)(C)OC)[C@H](C)[C@@H](O)[C@]1(C)O. The van der Waals surface area contributed by atoms with Crippen LogP contribution in [-0.2, 0) is 56.4 Å². The molecule has 0 aliphatic carbocycles. The van der Waals surface area contributed by atoms with Crippen molar-refractivity contribution >= 4 is 28.3 Å². The van der Waals surface area contributed by atoms with Crippen LogP contribution in [0, 0.1) is 23.7 Å². The average Bonchev–Trinajstić information content (AvgIpc) is 3.20. The normalized spacial score (nSPS) is 42.5. The van der Waals surface area contributed by atoms with Gasteiger partial charge in [0.05, 0.1) is 59.5 Å². The third kappa shape index (κ3) is 14.7. The molecule has 3 fully saturated rings. The summed E-state index contributed by atoms with van der Waals surface area (Å²) in [5.74, 6) is -4.58. The van der Waals surface area contributed by atoms with Crippen molar-refractivity contribution in [3.05, 3.63) is 0 Å². The van der Waals surface area contributed by atoms with Crippen LogP contribution in [0.1, 0.15) is 109 Å². The zero-order valence-corrected chi connectivity index (χ0v) is 47.2. The van der Waals surface area contributed by atoms with E-state index in [-0.39, 0.29) is 31.1 Å². The summed E-state index contributed by atoms with van der Waals surface area (Å²) in [5, 5.41) is 29.1. The zero-order chi connectivity index (χ0) is 50.7. The van der Waals surface area contributed by atoms with Gasteiger partial charge in [-0.15, -0.1) is 0 Å². The third-order valence-electron chi connectivity index (χ3n) is 14.1. The minimum atomic E-state index is -2.19. The van der Waals surface area contributed by atoms with E-state index in [0.717, 1.165) is 6.42 Å². The highest BCUT2D eigenvalue weighted by Crippen LogP contribution is 2.43. The van der Waals surface area contributed by atoms with Crippen LogP contribution in [0.5, 0.6) is 0 Å². The Balaban J connectivity index is 2.39. The van der Waals surface area contributed by atoms with Gasteiger partial charge >= 0.3 is 5.97 Å². The Morgan fingerprint density at radius 1 is 0.818 bits per heavy atom. The van der Waals surface area contributed by atoms with E-state index < -0.39 is 118 Å². The Bertz CT molecular complexity index is 1580. The maximum absolute atomic E-state index is 14.8. The summed E-state index contributed by atoms with van der Waals surface area (Å²) in [6, 6.07) is -0.0377. The molecule has 0 aromatic rings. The van der Waals surface area contributed by atoms with Gasteiger partial charge in [0.15, 0.2) is 29.2 Å². The van der Waals surface area contributed by atoms with E-state index in [9.17, 15) is 15.0 Å². The van der Waals surface area contributed by atoms with Gasteiger partial charge in [0.2, 0.25) is 5.79 Å². The molecule has 0 amide bonds. The molecule has 3 aliphatic rings. The molecule has 2 N–H and O–H groups in total. The molecule has 0 bridgehead atoms. The molecule has 18 heteroatoms. The van der Waals surface area contributed by atoms with Crippen molar-refractivity contribution in [2.75, 3.05) is 35.4 Å². The summed E-state index contributed by atoms with van der Waals surface area (Å²) in [6.07, 6.45) is -5.99. The fourth-order valence-corrected chi connectivity index (χ4v) is 12.4. The van der Waals surface area contributed by atoms with Gasteiger partial charge in [-0.25, -0.2) is 0 Å². The van der Waals surface area contributed by atoms with Crippen LogP contribution in [0.3, 0.4) is 0 Å². The minimum Gasteiger partial charge on any atom is -0.459 e. The number of nitrogens with zero attached hydrogens (tertiary/aromatic N) is 2. The molecule has 3 aliphatic heterocycles. The fourth-order valence-electron chi connectivity index (χ4n) is 10.1. The highest BCUT2D eigenvalue weighted by molar-refractivity contribution is 6.70. The van der Waals surface area contributed by atoms with Crippen molar-refractivity contribution in [2.45, 2.75) is 238 Å². The second kappa shape index (κ2) is 23.0. The van der Waals surface area contributed by atoms with Crippen LogP contribution >= 0.6 is 0 Å². The molecular weight excluding hydrogens is 885 g/mol. The molecule has 18 atom stereocenters. The first kappa shape index (κ1) is 59.2. The Labute approximate surface area is 400 Å². The summed E-state index contributed by atoms with van der Waals surface area (Å²) < 4.78 is 66.4. The van der Waals surface area contributed by atoms with Crippen LogP contribution in [0.2, 0.25) is 39.3 Å². The lowest BCUT2D eigenvalue weighted by Gasteiger charge is -2.51. The second-order valence-corrected chi connectivity index (χ2v) is 31.8. The molecular formula is C48H94N2O14Si2. The summed E-state index contributed by atoms with van der Waals surface area (Å²) in [5.41, 5.74) is -3.44. The Morgan fingerprint density at radius 2 is 1.38 bits per heavy atom. The Kier molecular flexibility index (Phi) is 20.6. The smallest absolute Gasteiger partial charge is 0.311 e. The Hall–Kier alpha value is -1.11. The maximum atomic E-state index is 14.8. The summed E-state index contributed by atoms with van der Waals surface area (Å²) in [7, 11) is 4.68. The zero-order valence-electron chi connectivity index (χ0n) is 45.2. The number of carbonyl (C=O) groups excluding carboxylic acids is 1. The van der Waals surface area contributed by atoms with Crippen LogP contribution in [0.25, 0.3) is 0 Å². The van der Waals surface area contributed by atoms with E-state index >= 15 is 0 Å². The summed E-state index contributed by atoms with van der Waals surface area (Å²) >= 11 is 0. The van der Waals surface area contributed by atoms with Gasteiger partial charge in [-0.2, -0.15) is 0 Å². The van der Waals surface area contributed by atoms with Crippen LogP contribution in [0.15, 0.2) is 5.16 Å². The molecule has 0 spiro atoms. The predicted octanol–water partition coefficient (Wildman–Crippen LogP) is 7.34. The fraction of sp³-hybridized carbons (Fsp3) is 0.958. The van der Waals surface area contributed by atoms with Gasteiger partial charge in [0.1, 0.15) is 17.8 Å². The minimum absolute atomic E-state index is 0.0377. The van der Waals surface area contributed by atoms with Gasteiger partial charge in [0.25, 0.3) is 0 Å². The molecule has 3 saturated heterocycles. The molecule has 0 aromatic carbocycles. The van der Waals surface area contributed by atoms with Gasteiger partial charge in [0, 0.05) is 65.4 Å². The number of methoxy groups -OCH3 is 3. The van der Waals surface area contributed by atoms with Gasteiger partial charge < -0.3 is 66.7 Å². The molecule has 3 heterocycles. The van der Waals surface area contributed by atoms with Crippen LogP contribution in [0.4, 0.5) is 0 Å². The van der Waals surface area contributed by atoms with Crippen molar-refractivity contribution in [2.24, 2.45) is 28.8 Å². The van der Waals surface area contributed by atoms with E-state index in [1.165, 1.54) is 14.0 Å². The molecule has 0 unspecified atom stereocenters. The lowest BCUT2D eigenvalue weighted by Crippen LogP contribution is -2.63.